The van der Waals surface area contributed by atoms with Crippen LogP contribution in [0.25, 0.3) is 0 Å². The van der Waals surface area contributed by atoms with Gasteiger partial charge in [0.2, 0.25) is 0 Å². The number of halogens is 1. The normalized spacial score (nSPS) is 10.7. The van der Waals surface area contributed by atoms with Gasteiger partial charge in [0.15, 0.2) is 0 Å². The molecule has 2 nitrogen and oxygen atoms in total. The highest BCUT2D eigenvalue weighted by molar-refractivity contribution is 9.10. The number of hydrogen-bond donors (Lipinski definition) is 1. The van der Waals surface area contributed by atoms with E-state index in [1.165, 1.54) is 9.75 Å². The van der Waals surface area contributed by atoms with Crippen LogP contribution in [0.2, 0.25) is 0 Å². The maximum atomic E-state index is 5.26. The van der Waals surface area contributed by atoms with E-state index in [0.717, 1.165) is 28.7 Å². The molecule has 0 amide bonds. The molecule has 0 saturated heterocycles. The van der Waals surface area contributed by atoms with Gasteiger partial charge in [0.05, 0.1) is 6.61 Å². The first-order valence-corrected chi connectivity index (χ1v) is 7.93. The second-order valence-electron chi connectivity index (χ2n) is 4.27. The summed E-state index contributed by atoms with van der Waals surface area (Å²) >= 11 is 5.44. The number of anilines is 1. The van der Waals surface area contributed by atoms with Gasteiger partial charge in [-0.2, -0.15) is 0 Å². The van der Waals surface area contributed by atoms with Gasteiger partial charge in [-0.05, 0) is 30.7 Å². The van der Waals surface area contributed by atoms with Crippen molar-refractivity contribution in [2.24, 2.45) is 0 Å². The Bertz CT molecular complexity index is 539. The molecule has 1 aromatic carbocycles. The topological polar surface area (TPSA) is 21.3 Å². The summed E-state index contributed by atoms with van der Waals surface area (Å²) in [4.78, 5) is 2.79. The van der Waals surface area contributed by atoms with E-state index in [4.69, 9.17) is 4.74 Å². The van der Waals surface area contributed by atoms with Crippen molar-refractivity contribution in [1.82, 2.24) is 0 Å². The Morgan fingerprint density at radius 1 is 1.21 bits per heavy atom. The van der Waals surface area contributed by atoms with Crippen molar-refractivity contribution in [3.8, 4) is 0 Å². The molecular formula is C15H18BrNOS. The van der Waals surface area contributed by atoms with E-state index in [0.29, 0.717) is 6.61 Å². The van der Waals surface area contributed by atoms with Crippen LogP contribution in [0, 0.1) is 0 Å². The molecule has 2 rings (SSSR count). The van der Waals surface area contributed by atoms with E-state index in [1.807, 2.05) is 23.5 Å². The second kappa shape index (κ2) is 7.08. The minimum Gasteiger partial charge on any atom is -0.380 e. The van der Waals surface area contributed by atoms with Crippen LogP contribution >= 0.6 is 27.3 Å². The quantitative estimate of drug-likeness (QED) is 0.813. The van der Waals surface area contributed by atoms with Crippen molar-refractivity contribution in [2.75, 3.05) is 12.4 Å². The molecule has 0 aliphatic heterocycles. The number of benzene rings is 1. The number of ether oxygens (including phenoxy) is 1. The molecule has 0 bridgehead atoms. The molecular weight excluding hydrogens is 322 g/mol. The highest BCUT2D eigenvalue weighted by atomic mass is 79.9. The van der Waals surface area contributed by atoms with Crippen LogP contribution in [0.3, 0.4) is 0 Å². The molecule has 0 unspecified atom stereocenters. The molecule has 1 N–H and O–H groups in total. The van der Waals surface area contributed by atoms with Crippen molar-refractivity contribution >= 4 is 33.0 Å². The molecule has 0 fully saturated rings. The number of rotatable bonds is 6. The molecule has 4 heteroatoms. The molecule has 0 aliphatic carbocycles. The van der Waals surface area contributed by atoms with Gasteiger partial charge in [0.25, 0.3) is 0 Å². The second-order valence-corrected chi connectivity index (χ2v) is 6.38. The van der Waals surface area contributed by atoms with E-state index < -0.39 is 0 Å². The average molecular weight is 340 g/mol. The highest BCUT2D eigenvalue weighted by Gasteiger charge is 2.06. The minimum absolute atomic E-state index is 0.606. The summed E-state index contributed by atoms with van der Waals surface area (Å²) in [5.74, 6) is 0. The summed E-state index contributed by atoms with van der Waals surface area (Å²) in [7, 11) is 1.72. The summed E-state index contributed by atoms with van der Waals surface area (Å²) in [5, 5.41) is 3.49. The summed E-state index contributed by atoms with van der Waals surface area (Å²) in [6.07, 6.45) is 1.11. The van der Waals surface area contributed by atoms with Crippen molar-refractivity contribution in [3.05, 3.63) is 50.1 Å². The highest BCUT2D eigenvalue weighted by Crippen LogP contribution is 2.26. The largest absolute Gasteiger partial charge is 0.380 e. The molecule has 19 heavy (non-hydrogen) atoms. The maximum absolute atomic E-state index is 5.26. The predicted octanol–water partition coefficient (Wildman–Crippen LogP) is 4.83. The zero-order valence-corrected chi connectivity index (χ0v) is 13.6. The molecule has 0 aliphatic rings. The number of methoxy groups -OCH3 is 1. The van der Waals surface area contributed by atoms with Gasteiger partial charge in [-0.3, -0.25) is 0 Å². The molecule has 0 saturated carbocycles. The van der Waals surface area contributed by atoms with Crippen LogP contribution < -0.4 is 5.32 Å². The van der Waals surface area contributed by atoms with E-state index in [1.54, 1.807) is 7.11 Å². The summed E-state index contributed by atoms with van der Waals surface area (Å²) in [5.41, 5.74) is 2.29. The standard InChI is InChI=1S/C15H18BrNOS/c1-3-11-7-8-12(19-11)9-17-15-6-4-5-14(16)13(15)10-18-2/h4-8,17H,3,9-10H2,1-2H3. The monoisotopic (exact) mass is 339 g/mol. The number of hydrogen-bond acceptors (Lipinski definition) is 3. The van der Waals surface area contributed by atoms with Crippen LogP contribution in [0.5, 0.6) is 0 Å². The fourth-order valence-electron chi connectivity index (χ4n) is 1.90. The zero-order valence-electron chi connectivity index (χ0n) is 11.2. The Morgan fingerprint density at radius 3 is 2.68 bits per heavy atom. The van der Waals surface area contributed by atoms with E-state index in [9.17, 15) is 0 Å². The zero-order chi connectivity index (χ0) is 13.7. The van der Waals surface area contributed by atoms with Gasteiger partial charge in [0, 0.05) is 39.1 Å². The summed E-state index contributed by atoms with van der Waals surface area (Å²) in [6.45, 7) is 3.65. The van der Waals surface area contributed by atoms with Crippen molar-refractivity contribution in [1.29, 1.82) is 0 Å². The van der Waals surface area contributed by atoms with Gasteiger partial charge in [-0.15, -0.1) is 11.3 Å². The van der Waals surface area contributed by atoms with Gasteiger partial charge in [-0.25, -0.2) is 0 Å². The lowest BCUT2D eigenvalue weighted by atomic mass is 10.2. The third kappa shape index (κ3) is 3.81. The molecule has 0 atom stereocenters. The first-order chi connectivity index (χ1) is 9.24. The molecule has 1 heterocycles. The van der Waals surface area contributed by atoms with Crippen LogP contribution in [-0.4, -0.2) is 7.11 Å². The smallest absolute Gasteiger partial charge is 0.0744 e. The van der Waals surface area contributed by atoms with Crippen LogP contribution in [0.4, 0.5) is 5.69 Å². The molecule has 102 valence electrons. The van der Waals surface area contributed by atoms with E-state index in [2.05, 4.69) is 46.4 Å². The van der Waals surface area contributed by atoms with E-state index in [-0.39, 0.29) is 0 Å². The lowest BCUT2D eigenvalue weighted by Crippen LogP contribution is -2.02. The summed E-state index contributed by atoms with van der Waals surface area (Å²) < 4.78 is 6.34. The predicted molar refractivity (Wildman–Crippen MR) is 85.9 cm³/mol. The molecule has 0 radical (unpaired) electrons. The van der Waals surface area contributed by atoms with Gasteiger partial charge in [0.1, 0.15) is 0 Å². The van der Waals surface area contributed by atoms with Gasteiger partial charge >= 0.3 is 0 Å². The maximum Gasteiger partial charge on any atom is 0.0744 e. The fraction of sp³-hybridized carbons (Fsp3) is 0.333. The fourth-order valence-corrected chi connectivity index (χ4v) is 3.28. The Hall–Kier alpha value is -0.840. The van der Waals surface area contributed by atoms with Crippen LogP contribution in [0.1, 0.15) is 22.2 Å². The molecule has 0 spiro atoms. The Kier molecular flexibility index (Phi) is 5.43. The van der Waals surface area contributed by atoms with Gasteiger partial charge in [-0.1, -0.05) is 28.9 Å². The summed E-state index contributed by atoms with van der Waals surface area (Å²) in [6, 6.07) is 10.6. The Balaban J connectivity index is 2.08. The SMILES string of the molecule is CCc1ccc(CNc2cccc(Br)c2COC)s1. The first-order valence-electron chi connectivity index (χ1n) is 6.32. The van der Waals surface area contributed by atoms with Crippen molar-refractivity contribution in [3.63, 3.8) is 0 Å². The lowest BCUT2D eigenvalue weighted by molar-refractivity contribution is 0.185. The average Bonchev–Trinajstić information content (AvgIpc) is 2.87. The number of thiophene rings is 1. The molecule has 2 aromatic rings. The van der Waals surface area contributed by atoms with Gasteiger partial charge < -0.3 is 10.1 Å². The minimum atomic E-state index is 0.606. The number of nitrogens with one attached hydrogen (secondary N) is 1. The van der Waals surface area contributed by atoms with Crippen LogP contribution in [0.15, 0.2) is 34.8 Å². The van der Waals surface area contributed by atoms with E-state index >= 15 is 0 Å². The van der Waals surface area contributed by atoms with Crippen molar-refractivity contribution < 1.29 is 4.74 Å². The lowest BCUT2D eigenvalue weighted by Gasteiger charge is -2.12. The third-order valence-corrected chi connectivity index (χ3v) is 4.90. The Labute approximate surface area is 126 Å². The first kappa shape index (κ1) is 14.6. The Morgan fingerprint density at radius 2 is 2.00 bits per heavy atom. The number of aryl methyl sites for hydroxylation is 1. The van der Waals surface area contributed by atoms with Crippen LogP contribution in [-0.2, 0) is 24.3 Å². The molecule has 1 aromatic heterocycles. The van der Waals surface area contributed by atoms with Crippen molar-refractivity contribution in [2.45, 2.75) is 26.5 Å². The third-order valence-electron chi connectivity index (χ3n) is 2.93.